The Morgan fingerprint density at radius 3 is 2.21 bits per heavy atom. The van der Waals surface area contributed by atoms with Crippen LogP contribution in [0.2, 0.25) is 0 Å². The number of para-hydroxylation sites is 1. The normalized spacial score (nSPS) is 29.0. The first-order valence-electron chi connectivity index (χ1n) is 15.6. The Hall–Kier alpha value is -3.23. The average molecular weight is 590 g/mol. The predicted molar refractivity (Wildman–Crippen MR) is 166 cm³/mol. The maximum absolute atomic E-state index is 14.7. The summed E-state index contributed by atoms with van der Waals surface area (Å²) in [5.74, 6) is -2.47. The van der Waals surface area contributed by atoms with Crippen molar-refractivity contribution in [2.24, 2.45) is 17.3 Å². The molecule has 5 rings (SSSR count). The van der Waals surface area contributed by atoms with Crippen LogP contribution < -0.4 is 10.6 Å². The van der Waals surface area contributed by atoms with Gasteiger partial charge in [0.05, 0.1) is 30.1 Å². The van der Waals surface area contributed by atoms with E-state index in [0.29, 0.717) is 31.4 Å². The van der Waals surface area contributed by atoms with Crippen molar-refractivity contribution in [3.8, 4) is 0 Å². The third-order valence-electron chi connectivity index (χ3n) is 9.54. The first kappa shape index (κ1) is 31.2. The molecule has 8 heteroatoms. The van der Waals surface area contributed by atoms with Gasteiger partial charge in [-0.1, -0.05) is 76.2 Å². The molecule has 2 bridgehead atoms. The van der Waals surface area contributed by atoms with E-state index < -0.39 is 40.7 Å². The lowest BCUT2D eigenvalue weighted by Gasteiger charge is -2.40. The Bertz CT molecular complexity index is 1340. The van der Waals surface area contributed by atoms with Crippen molar-refractivity contribution in [2.45, 2.75) is 102 Å². The topological polar surface area (TPSA) is 108 Å². The van der Waals surface area contributed by atoms with Gasteiger partial charge in [-0.25, -0.2) is 0 Å². The Labute approximate surface area is 255 Å². The number of hydrogen-bond acceptors (Lipinski definition) is 5. The zero-order chi connectivity index (χ0) is 31.2. The number of nitrogens with one attached hydrogen (secondary N) is 2. The molecular weight excluding hydrogens is 542 g/mol. The van der Waals surface area contributed by atoms with E-state index in [1.165, 1.54) is 0 Å². The van der Waals surface area contributed by atoms with Crippen molar-refractivity contribution in [3.63, 3.8) is 0 Å². The number of likely N-dealkylation sites (tertiary alicyclic amines) is 1. The zero-order valence-electron chi connectivity index (χ0n) is 26.4. The highest BCUT2D eigenvalue weighted by Gasteiger charge is 2.79. The average Bonchev–Trinajstić information content (AvgIpc) is 3.54. The van der Waals surface area contributed by atoms with Gasteiger partial charge in [0, 0.05) is 11.2 Å². The number of fused-ring (bicyclic) bond motifs is 1. The van der Waals surface area contributed by atoms with Crippen molar-refractivity contribution in [1.29, 1.82) is 0 Å². The minimum absolute atomic E-state index is 0.0427. The molecule has 3 N–H and O–H groups in total. The van der Waals surface area contributed by atoms with Crippen LogP contribution >= 0.6 is 0 Å². The molecule has 8 nitrogen and oxygen atoms in total. The summed E-state index contributed by atoms with van der Waals surface area (Å²) in [6.07, 6.45) is 2.71. The van der Waals surface area contributed by atoms with Crippen molar-refractivity contribution in [1.82, 2.24) is 10.2 Å². The van der Waals surface area contributed by atoms with Gasteiger partial charge in [0.1, 0.15) is 11.6 Å². The number of hydrogen-bond donors (Lipinski definition) is 3. The molecule has 232 valence electrons. The Morgan fingerprint density at radius 2 is 1.63 bits per heavy atom. The van der Waals surface area contributed by atoms with Gasteiger partial charge in [-0.3, -0.25) is 14.4 Å². The highest BCUT2D eigenvalue weighted by Crippen LogP contribution is 2.64. The van der Waals surface area contributed by atoms with E-state index in [2.05, 4.69) is 31.4 Å². The molecule has 3 heterocycles. The second-order valence-electron chi connectivity index (χ2n) is 14.6. The second-order valence-corrected chi connectivity index (χ2v) is 14.6. The van der Waals surface area contributed by atoms with E-state index in [4.69, 9.17) is 4.74 Å². The summed E-state index contributed by atoms with van der Waals surface area (Å²) in [6.45, 7) is 12.0. The van der Waals surface area contributed by atoms with Crippen molar-refractivity contribution >= 4 is 23.4 Å². The van der Waals surface area contributed by atoms with E-state index in [1.807, 2.05) is 81.4 Å². The van der Waals surface area contributed by atoms with Gasteiger partial charge < -0.3 is 25.4 Å². The SMILES string of the molecule is CC[C@]12CCC3(O1)C(C(=O)NC(C)(C)CC(C)(C)C)N([C@@H](CO)Cc1ccccc1)C(=O)[C@@H]3[C@H]2C(=O)Nc1ccccc1. The second kappa shape index (κ2) is 11.4. The smallest absolute Gasteiger partial charge is 0.246 e. The fourth-order valence-electron chi connectivity index (χ4n) is 8.40. The largest absolute Gasteiger partial charge is 0.394 e. The third-order valence-corrected chi connectivity index (χ3v) is 9.54. The third kappa shape index (κ3) is 5.72. The maximum Gasteiger partial charge on any atom is 0.246 e. The lowest BCUT2D eigenvalue weighted by molar-refractivity contribution is -0.151. The molecule has 0 saturated carbocycles. The van der Waals surface area contributed by atoms with Crippen molar-refractivity contribution in [3.05, 3.63) is 66.2 Å². The summed E-state index contributed by atoms with van der Waals surface area (Å²) in [6, 6.07) is 17.2. The van der Waals surface area contributed by atoms with Crippen LogP contribution in [0, 0.1) is 17.3 Å². The van der Waals surface area contributed by atoms with Crippen LogP contribution in [0.5, 0.6) is 0 Å². The molecule has 0 aliphatic carbocycles. The van der Waals surface area contributed by atoms with Gasteiger partial charge in [-0.15, -0.1) is 0 Å². The van der Waals surface area contributed by atoms with E-state index >= 15 is 0 Å². The molecule has 3 saturated heterocycles. The number of benzene rings is 2. The van der Waals surface area contributed by atoms with Gasteiger partial charge in [0.2, 0.25) is 17.7 Å². The monoisotopic (exact) mass is 589 g/mol. The molecule has 6 atom stereocenters. The molecule has 1 spiro atoms. The fourth-order valence-corrected chi connectivity index (χ4v) is 8.40. The lowest BCUT2D eigenvalue weighted by atomic mass is 9.65. The fraction of sp³-hybridized carbons (Fsp3) is 0.571. The maximum atomic E-state index is 14.7. The Balaban J connectivity index is 1.56. The number of amides is 3. The number of rotatable bonds is 10. The highest BCUT2D eigenvalue weighted by atomic mass is 16.5. The number of ether oxygens (including phenoxy) is 1. The first-order chi connectivity index (χ1) is 20.3. The molecule has 2 aromatic rings. The zero-order valence-corrected chi connectivity index (χ0v) is 26.4. The minimum Gasteiger partial charge on any atom is -0.394 e. The molecule has 2 unspecified atom stereocenters. The van der Waals surface area contributed by atoms with Crippen molar-refractivity contribution < 1.29 is 24.2 Å². The summed E-state index contributed by atoms with van der Waals surface area (Å²) >= 11 is 0. The summed E-state index contributed by atoms with van der Waals surface area (Å²) in [7, 11) is 0. The Kier molecular flexibility index (Phi) is 8.24. The van der Waals surface area contributed by atoms with Gasteiger partial charge in [-0.05, 0) is 69.1 Å². The van der Waals surface area contributed by atoms with Crippen LogP contribution in [0.1, 0.15) is 72.8 Å². The minimum atomic E-state index is -1.17. The van der Waals surface area contributed by atoms with Crippen LogP contribution in [0.3, 0.4) is 0 Å². The van der Waals surface area contributed by atoms with Gasteiger partial charge in [0.25, 0.3) is 0 Å². The lowest BCUT2D eigenvalue weighted by Crippen LogP contribution is -2.61. The number of anilines is 1. The van der Waals surface area contributed by atoms with Crippen LogP contribution in [0.15, 0.2) is 60.7 Å². The van der Waals surface area contributed by atoms with Gasteiger partial charge >= 0.3 is 0 Å². The number of nitrogens with zero attached hydrogens (tertiary/aromatic N) is 1. The molecule has 3 aliphatic heterocycles. The molecule has 2 aromatic carbocycles. The van der Waals surface area contributed by atoms with Crippen LogP contribution in [0.25, 0.3) is 0 Å². The highest BCUT2D eigenvalue weighted by molar-refractivity contribution is 6.02. The molecule has 3 fully saturated rings. The van der Waals surface area contributed by atoms with E-state index in [1.54, 1.807) is 4.90 Å². The summed E-state index contributed by atoms with van der Waals surface area (Å²) in [4.78, 5) is 44.8. The molecular formula is C35H47N3O5. The molecule has 3 amide bonds. The standard InChI is InChI=1S/C35H47N3O5/c1-7-34-18-19-35(43-34)27(26(34)29(40)36-24-16-12-9-13-17-24)31(42)38(25(21-39)20-23-14-10-8-11-15-23)28(35)30(41)37-33(5,6)22-32(2,3)4/h8-17,25-28,39H,7,18-22H2,1-6H3,(H,36,40)(H,37,41)/t25-,26+,27+,28?,34-,35?/m1/s1. The van der Waals surface area contributed by atoms with E-state index in [-0.39, 0.29) is 29.7 Å². The molecule has 3 aliphatic rings. The van der Waals surface area contributed by atoms with E-state index in [0.717, 1.165) is 12.0 Å². The first-order valence-corrected chi connectivity index (χ1v) is 15.6. The number of carbonyl (C=O) groups excluding carboxylic acids is 3. The summed E-state index contributed by atoms with van der Waals surface area (Å²) in [5.41, 5.74) is -1.02. The van der Waals surface area contributed by atoms with Crippen LogP contribution in [-0.2, 0) is 25.5 Å². The number of aliphatic hydroxyl groups excluding tert-OH is 1. The van der Waals surface area contributed by atoms with Crippen molar-refractivity contribution in [2.75, 3.05) is 11.9 Å². The molecule has 0 radical (unpaired) electrons. The van der Waals surface area contributed by atoms with Crippen LogP contribution in [0.4, 0.5) is 5.69 Å². The van der Waals surface area contributed by atoms with Gasteiger partial charge in [0.15, 0.2) is 0 Å². The molecule has 43 heavy (non-hydrogen) atoms. The number of carbonyl (C=O) groups is 3. The van der Waals surface area contributed by atoms with Crippen LogP contribution in [-0.4, -0.2) is 63.2 Å². The molecule has 0 aromatic heterocycles. The summed E-state index contributed by atoms with van der Waals surface area (Å²) < 4.78 is 6.92. The summed E-state index contributed by atoms with van der Waals surface area (Å²) in [5, 5.41) is 17.0. The van der Waals surface area contributed by atoms with Gasteiger partial charge in [-0.2, -0.15) is 0 Å². The van der Waals surface area contributed by atoms with E-state index in [9.17, 15) is 19.5 Å². The number of aliphatic hydroxyl groups is 1. The predicted octanol–water partition coefficient (Wildman–Crippen LogP) is 4.71. The Morgan fingerprint density at radius 1 is 1.00 bits per heavy atom. The quantitative estimate of drug-likeness (QED) is 0.372.